The van der Waals surface area contributed by atoms with Crippen molar-refractivity contribution in [1.82, 2.24) is 4.90 Å². The minimum absolute atomic E-state index is 0.298. The van der Waals surface area contributed by atoms with E-state index in [1.165, 1.54) is 4.90 Å². The zero-order chi connectivity index (χ0) is 19.8. The molecule has 3 rings (SSSR count). The average Bonchev–Trinajstić information content (AvgIpc) is 2.63. The highest BCUT2D eigenvalue weighted by atomic mass is 32.2. The smallest absolute Gasteiger partial charge is 0.243 e. The van der Waals surface area contributed by atoms with Crippen LogP contribution < -0.4 is 4.31 Å². The van der Waals surface area contributed by atoms with Gasteiger partial charge in [0.2, 0.25) is 15.9 Å². The van der Waals surface area contributed by atoms with Gasteiger partial charge in [-0.25, -0.2) is 21.6 Å². The normalized spacial score (nSPS) is 14.0. The Labute approximate surface area is 155 Å². The molecule has 0 saturated heterocycles. The Morgan fingerprint density at radius 3 is 2.41 bits per heavy atom. The first-order chi connectivity index (χ1) is 12.7. The van der Waals surface area contributed by atoms with Crippen LogP contribution in [0.3, 0.4) is 0 Å². The van der Waals surface area contributed by atoms with E-state index in [1.807, 2.05) is 24.3 Å². The van der Waals surface area contributed by atoms with Crippen LogP contribution in [0.2, 0.25) is 0 Å². The van der Waals surface area contributed by atoms with Gasteiger partial charge in [0.05, 0.1) is 11.9 Å². The van der Waals surface area contributed by atoms with Crippen LogP contribution in [0.25, 0.3) is 0 Å². The van der Waals surface area contributed by atoms with Crippen molar-refractivity contribution in [3.8, 4) is 0 Å². The standard InChI is InChI=1S/C18H17F3N2O3S/c1-27(25,26)23(15-7-6-14(19)17(20)18(15)21)11-16(24)22-9-8-12-4-2-3-5-13(12)10-22/h2-7H,8-11H2,1H3. The highest BCUT2D eigenvalue weighted by Gasteiger charge is 2.29. The Bertz CT molecular complexity index is 995. The van der Waals surface area contributed by atoms with E-state index in [0.717, 1.165) is 23.4 Å². The number of rotatable bonds is 4. The molecule has 0 radical (unpaired) electrons. The maximum atomic E-state index is 14.1. The van der Waals surface area contributed by atoms with Crippen molar-refractivity contribution in [1.29, 1.82) is 0 Å². The lowest BCUT2D eigenvalue weighted by Gasteiger charge is -2.31. The second-order valence-electron chi connectivity index (χ2n) is 6.30. The lowest BCUT2D eigenvalue weighted by atomic mass is 10.00. The van der Waals surface area contributed by atoms with Gasteiger partial charge in [-0.2, -0.15) is 0 Å². The van der Waals surface area contributed by atoms with Crippen LogP contribution in [0, 0.1) is 17.5 Å². The molecule has 0 spiro atoms. The second kappa shape index (κ2) is 7.22. The fourth-order valence-electron chi connectivity index (χ4n) is 3.02. The third kappa shape index (κ3) is 3.92. The Hall–Kier alpha value is -2.55. The van der Waals surface area contributed by atoms with E-state index in [2.05, 4.69) is 0 Å². The lowest BCUT2D eigenvalue weighted by molar-refractivity contribution is -0.130. The van der Waals surface area contributed by atoms with E-state index in [-0.39, 0.29) is 0 Å². The third-order valence-electron chi connectivity index (χ3n) is 4.45. The van der Waals surface area contributed by atoms with Crippen molar-refractivity contribution in [2.75, 3.05) is 23.7 Å². The maximum absolute atomic E-state index is 14.1. The van der Waals surface area contributed by atoms with Gasteiger partial charge in [-0.05, 0) is 29.7 Å². The summed E-state index contributed by atoms with van der Waals surface area (Å²) < 4.78 is 65.4. The molecule has 27 heavy (non-hydrogen) atoms. The molecule has 0 aromatic heterocycles. The monoisotopic (exact) mass is 398 g/mol. The first-order valence-electron chi connectivity index (χ1n) is 8.14. The zero-order valence-electron chi connectivity index (χ0n) is 14.5. The molecule has 1 heterocycles. The Balaban J connectivity index is 1.86. The number of amides is 1. The van der Waals surface area contributed by atoms with Crippen LogP contribution >= 0.6 is 0 Å². The van der Waals surface area contributed by atoms with E-state index < -0.39 is 45.6 Å². The van der Waals surface area contributed by atoms with Crippen molar-refractivity contribution in [3.05, 3.63) is 65.0 Å². The number of carbonyl (C=O) groups excluding carboxylic acids is 1. The molecule has 2 aromatic rings. The van der Waals surface area contributed by atoms with Crippen molar-refractivity contribution >= 4 is 21.6 Å². The van der Waals surface area contributed by atoms with Gasteiger partial charge < -0.3 is 4.90 Å². The number of halogens is 3. The number of sulfonamides is 1. The van der Waals surface area contributed by atoms with Gasteiger partial charge in [-0.1, -0.05) is 24.3 Å². The summed E-state index contributed by atoms with van der Waals surface area (Å²) in [7, 11) is -4.11. The van der Waals surface area contributed by atoms with Crippen LogP contribution in [0.5, 0.6) is 0 Å². The summed E-state index contributed by atoms with van der Waals surface area (Å²) in [6, 6.07) is 8.98. The lowest BCUT2D eigenvalue weighted by Crippen LogP contribution is -2.44. The van der Waals surface area contributed by atoms with Crippen molar-refractivity contribution in [2.24, 2.45) is 0 Å². The molecule has 5 nitrogen and oxygen atoms in total. The number of fused-ring (bicyclic) bond motifs is 1. The summed E-state index contributed by atoms with van der Waals surface area (Å²) >= 11 is 0. The molecule has 1 aliphatic rings. The van der Waals surface area contributed by atoms with Gasteiger partial charge in [0.1, 0.15) is 6.54 Å². The molecule has 0 unspecified atom stereocenters. The van der Waals surface area contributed by atoms with Crippen LogP contribution in [-0.2, 0) is 27.8 Å². The molecule has 9 heteroatoms. The van der Waals surface area contributed by atoms with Crippen LogP contribution in [0.1, 0.15) is 11.1 Å². The Morgan fingerprint density at radius 2 is 1.74 bits per heavy atom. The number of hydrogen-bond donors (Lipinski definition) is 0. The molecule has 1 amide bonds. The summed E-state index contributed by atoms with van der Waals surface area (Å²) in [5.41, 5.74) is 1.34. The second-order valence-corrected chi connectivity index (χ2v) is 8.20. The summed E-state index contributed by atoms with van der Waals surface area (Å²) in [6.45, 7) is -0.0242. The molecular formula is C18H17F3N2O3S. The van der Waals surface area contributed by atoms with Crippen LogP contribution in [0.4, 0.5) is 18.9 Å². The first-order valence-corrected chi connectivity index (χ1v) is 9.99. The topological polar surface area (TPSA) is 57.7 Å². The molecule has 0 N–H and O–H groups in total. The van der Waals surface area contributed by atoms with Crippen molar-refractivity contribution in [3.63, 3.8) is 0 Å². The Morgan fingerprint density at radius 1 is 1.07 bits per heavy atom. The quantitative estimate of drug-likeness (QED) is 0.744. The molecule has 0 atom stereocenters. The number of carbonyl (C=O) groups is 1. The molecular weight excluding hydrogens is 381 g/mol. The van der Waals surface area contributed by atoms with E-state index in [9.17, 15) is 26.4 Å². The number of hydrogen-bond acceptors (Lipinski definition) is 3. The molecule has 144 valence electrons. The molecule has 0 bridgehead atoms. The Kier molecular flexibility index (Phi) is 5.14. The highest BCUT2D eigenvalue weighted by Crippen LogP contribution is 2.26. The largest absolute Gasteiger partial charge is 0.336 e. The van der Waals surface area contributed by atoms with Gasteiger partial charge in [0, 0.05) is 13.1 Å². The average molecular weight is 398 g/mol. The summed E-state index contributed by atoms with van der Waals surface area (Å²) in [5, 5.41) is 0. The van der Waals surface area contributed by atoms with Crippen LogP contribution in [0.15, 0.2) is 36.4 Å². The summed E-state index contributed by atoms with van der Waals surface area (Å²) in [4.78, 5) is 14.1. The summed E-state index contributed by atoms with van der Waals surface area (Å²) in [5.74, 6) is -5.44. The van der Waals surface area contributed by atoms with Gasteiger partial charge in [0.15, 0.2) is 17.5 Å². The molecule has 2 aromatic carbocycles. The van der Waals surface area contributed by atoms with Gasteiger partial charge in [-0.3, -0.25) is 9.10 Å². The summed E-state index contributed by atoms with van der Waals surface area (Å²) in [6.07, 6.45) is 1.38. The van der Waals surface area contributed by atoms with Crippen molar-refractivity contribution in [2.45, 2.75) is 13.0 Å². The zero-order valence-corrected chi connectivity index (χ0v) is 15.3. The molecule has 0 aliphatic carbocycles. The molecule has 0 saturated carbocycles. The SMILES string of the molecule is CS(=O)(=O)N(CC(=O)N1CCc2ccccc2C1)c1ccc(F)c(F)c1F. The maximum Gasteiger partial charge on any atom is 0.243 e. The predicted octanol–water partition coefficient (Wildman–Crippen LogP) is 2.45. The first kappa shape index (κ1) is 19.2. The van der Waals surface area contributed by atoms with Crippen LogP contribution in [-0.4, -0.2) is 38.6 Å². The van der Waals surface area contributed by atoms with Gasteiger partial charge in [0.25, 0.3) is 0 Å². The van der Waals surface area contributed by atoms with E-state index in [0.29, 0.717) is 29.9 Å². The van der Waals surface area contributed by atoms with E-state index in [4.69, 9.17) is 0 Å². The fourth-order valence-corrected chi connectivity index (χ4v) is 3.86. The van der Waals surface area contributed by atoms with Gasteiger partial charge >= 0.3 is 0 Å². The molecule has 1 aliphatic heterocycles. The predicted molar refractivity (Wildman–Crippen MR) is 94.1 cm³/mol. The molecule has 0 fully saturated rings. The third-order valence-corrected chi connectivity index (χ3v) is 5.57. The van der Waals surface area contributed by atoms with Crippen molar-refractivity contribution < 1.29 is 26.4 Å². The number of benzene rings is 2. The van der Waals surface area contributed by atoms with E-state index >= 15 is 0 Å². The highest BCUT2D eigenvalue weighted by molar-refractivity contribution is 7.92. The number of nitrogens with zero attached hydrogens (tertiary/aromatic N) is 2. The minimum Gasteiger partial charge on any atom is -0.336 e. The number of anilines is 1. The van der Waals surface area contributed by atoms with Gasteiger partial charge in [-0.15, -0.1) is 0 Å². The van der Waals surface area contributed by atoms with E-state index in [1.54, 1.807) is 0 Å². The minimum atomic E-state index is -4.11. The fraction of sp³-hybridized carbons (Fsp3) is 0.278.